The molecule has 164 valence electrons. The average molecular weight is 422 g/mol. The summed E-state index contributed by atoms with van der Waals surface area (Å²) in [6.07, 6.45) is 0. The number of aromatic nitrogens is 1. The number of para-hydroxylation sites is 1. The predicted molar refractivity (Wildman–Crippen MR) is 126 cm³/mol. The molecule has 1 aromatic heterocycles. The van der Waals surface area contributed by atoms with Gasteiger partial charge in [-0.3, -0.25) is 4.79 Å². The van der Waals surface area contributed by atoms with E-state index in [2.05, 4.69) is 24.1 Å². The number of benzene rings is 2. The van der Waals surface area contributed by atoms with E-state index in [1.807, 2.05) is 63.2 Å². The largest absolute Gasteiger partial charge is 0.395 e. The molecule has 1 atom stereocenters. The third-order valence-electron chi connectivity index (χ3n) is 5.67. The van der Waals surface area contributed by atoms with Gasteiger partial charge in [0.05, 0.1) is 18.2 Å². The van der Waals surface area contributed by atoms with Crippen LogP contribution in [0.4, 0.5) is 10.5 Å². The molecule has 3 N–H and O–H groups in total. The van der Waals surface area contributed by atoms with Crippen molar-refractivity contribution < 1.29 is 9.90 Å². The molecular formula is C25H31N3O3. The molecule has 6 heteroatoms. The molecule has 1 heterocycles. The van der Waals surface area contributed by atoms with Gasteiger partial charge >= 0.3 is 6.03 Å². The average Bonchev–Trinajstić information content (AvgIpc) is 2.71. The van der Waals surface area contributed by atoms with Crippen molar-refractivity contribution in [3.63, 3.8) is 0 Å². The van der Waals surface area contributed by atoms with E-state index in [4.69, 9.17) is 0 Å². The lowest BCUT2D eigenvalue weighted by molar-refractivity contribution is 0.167. The first kappa shape index (κ1) is 22.6. The summed E-state index contributed by atoms with van der Waals surface area (Å²) in [5.41, 5.74) is 4.92. The minimum atomic E-state index is -0.521. The number of fused-ring (bicyclic) bond motifs is 1. The van der Waals surface area contributed by atoms with Crippen LogP contribution in [-0.2, 0) is 0 Å². The number of pyridine rings is 1. The van der Waals surface area contributed by atoms with Crippen LogP contribution in [0.3, 0.4) is 0 Å². The number of amides is 2. The number of carbonyl (C=O) groups excluding carboxylic acids is 1. The van der Waals surface area contributed by atoms with Crippen molar-refractivity contribution in [2.45, 2.75) is 46.6 Å². The van der Waals surface area contributed by atoms with Gasteiger partial charge in [0.2, 0.25) is 0 Å². The zero-order chi connectivity index (χ0) is 22.7. The Morgan fingerprint density at radius 1 is 1.10 bits per heavy atom. The highest BCUT2D eigenvalue weighted by Gasteiger charge is 2.24. The molecule has 0 spiro atoms. The van der Waals surface area contributed by atoms with Crippen LogP contribution < -0.4 is 10.9 Å². The molecule has 2 aromatic carbocycles. The molecule has 0 bridgehead atoms. The highest BCUT2D eigenvalue weighted by Crippen LogP contribution is 2.26. The van der Waals surface area contributed by atoms with Crippen molar-refractivity contribution in [3.05, 3.63) is 75.1 Å². The molecule has 3 rings (SSSR count). The number of hydrogen-bond acceptors (Lipinski definition) is 3. The van der Waals surface area contributed by atoms with Crippen LogP contribution in [0.5, 0.6) is 0 Å². The topological polar surface area (TPSA) is 85.4 Å². The Labute approximate surface area is 182 Å². The molecule has 3 aromatic rings. The molecule has 0 fully saturated rings. The number of anilines is 1. The molecule has 0 radical (unpaired) electrons. The number of nitrogens with one attached hydrogen (secondary N) is 2. The number of aromatic amines is 1. The van der Waals surface area contributed by atoms with Crippen molar-refractivity contribution >= 4 is 22.6 Å². The van der Waals surface area contributed by atoms with Crippen LogP contribution in [0.1, 0.15) is 55.0 Å². The summed E-state index contributed by atoms with van der Waals surface area (Å²) in [7, 11) is 0. The van der Waals surface area contributed by atoms with Gasteiger partial charge in [-0.25, -0.2) is 4.79 Å². The second kappa shape index (κ2) is 9.35. The highest BCUT2D eigenvalue weighted by molar-refractivity contribution is 5.91. The number of aliphatic hydroxyl groups is 1. The lowest BCUT2D eigenvalue weighted by Gasteiger charge is -2.29. The Morgan fingerprint density at radius 3 is 2.48 bits per heavy atom. The number of aliphatic hydroxyl groups excluding tert-OH is 1. The number of urea groups is 1. The van der Waals surface area contributed by atoms with E-state index in [1.165, 1.54) is 4.90 Å². The Kier molecular flexibility index (Phi) is 6.81. The van der Waals surface area contributed by atoms with Crippen LogP contribution in [0.2, 0.25) is 0 Å². The molecule has 0 saturated carbocycles. The van der Waals surface area contributed by atoms with Gasteiger partial charge < -0.3 is 20.3 Å². The Morgan fingerprint density at radius 2 is 1.81 bits per heavy atom. The lowest BCUT2D eigenvalue weighted by Crippen LogP contribution is -2.40. The fraction of sp³-hybridized carbons (Fsp3) is 0.360. The number of rotatable bonds is 6. The van der Waals surface area contributed by atoms with Gasteiger partial charge in [-0.1, -0.05) is 43.7 Å². The number of nitrogens with zero attached hydrogens (tertiary/aromatic N) is 1. The third-order valence-corrected chi connectivity index (χ3v) is 5.67. The fourth-order valence-electron chi connectivity index (χ4n) is 4.06. The van der Waals surface area contributed by atoms with Gasteiger partial charge in [-0.2, -0.15) is 0 Å². The summed E-state index contributed by atoms with van der Waals surface area (Å²) in [4.78, 5) is 30.5. The first-order chi connectivity index (χ1) is 14.7. The number of aryl methyl sites for hydroxylation is 2. The second-order valence-corrected chi connectivity index (χ2v) is 8.36. The summed E-state index contributed by atoms with van der Waals surface area (Å²) < 4.78 is 0. The third kappa shape index (κ3) is 4.80. The number of hydrogen-bond donors (Lipinski definition) is 3. The summed E-state index contributed by atoms with van der Waals surface area (Å²) in [6, 6.07) is 12.7. The standard InChI is InChI=1S/C25H31N3O3/c1-15(2)20-8-6-7-9-22(20)26-25(31)28(10-11-29)18(5)21-14-19-13-16(3)12-17(4)23(19)27-24(21)30/h6-9,12-15,18,29H,10-11H2,1-5H3,(H,26,31)(H,27,30). The molecule has 0 saturated heterocycles. The van der Waals surface area contributed by atoms with Gasteiger partial charge in [-0.15, -0.1) is 0 Å². The van der Waals surface area contributed by atoms with Crippen molar-refractivity contribution in [1.29, 1.82) is 0 Å². The zero-order valence-corrected chi connectivity index (χ0v) is 18.8. The molecule has 2 amide bonds. The first-order valence-corrected chi connectivity index (χ1v) is 10.6. The minimum Gasteiger partial charge on any atom is -0.395 e. The van der Waals surface area contributed by atoms with Gasteiger partial charge in [0, 0.05) is 17.8 Å². The highest BCUT2D eigenvalue weighted by atomic mass is 16.3. The SMILES string of the molecule is Cc1cc(C)c2[nH]c(=O)c(C(C)N(CCO)C(=O)Nc3ccccc3C(C)C)cc2c1. The second-order valence-electron chi connectivity index (χ2n) is 8.36. The maximum absolute atomic E-state index is 13.2. The summed E-state index contributed by atoms with van der Waals surface area (Å²) in [5, 5.41) is 13.5. The van der Waals surface area contributed by atoms with Crippen LogP contribution in [0, 0.1) is 13.8 Å². The Balaban J connectivity index is 1.97. The summed E-state index contributed by atoms with van der Waals surface area (Å²) in [5.74, 6) is 0.245. The van der Waals surface area contributed by atoms with Gasteiger partial charge in [0.1, 0.15) is 0 Å². The quantitative estimate of drug-likeness (QED) is 0.531. The van der Waals surface area contributed by atoms with Crippen molar-refractivity contribution in [2.75, 3.05) is 18.5 Å². The predicted octanol–water partition coefficient (Wildman–Crippen LogP) is 4.86. The van der Waals surface area contributed by atoms with E-state index >= 15 is 0 Å². The van der Waals surface area contributed by atoms with Crippen LogP contribution in [0.15, 0.2) is 47.3 Å². The molecule has 0 aliphatic heterocycles. The number of H-pyrrole nitrogens is 1. The summed E-state index contributed by atoms with van der Waals surface area (Å²) in [6.45, 7) is 9.83. The molecular weight excluding hydrogens is 390 g/mol. The van der Waals surface area contributed by atoms with E-state index in [-0.39, 0.29) is 30.7 Å². The van der Waals surface area contributed by atoms with E-state index in [1.54, 1.807) is 0 Å². The van der Waals surface area contributed by atoms with Gasteiger partial charge in [0.15, 0.2) is 0 Å². The Hall–Kier alpha value is -3.12. The number of carbonyl (C=O) groups is 1. The first-order valence-electron chi connectivity index (χ1n) is 10.6. The molecule has 0 aliphatic rings. The fourth-order valence-corrected chi connectivity index (χ4v) is 4.06. The van der Waals surface area contributed by atoms with Gasteiger partial charge in [0.25, 0.3) is 5.56 Å². The van der Waals surface area contributed by atoms with Gasteiger partial charge in [-0.05, 0) is 61.4 Å². The normalized spacial score (nSPS) is 12.2. The minimum absolute atomic E-state index is 0.112. The van der Waals surface area contributed by atoms with Crippen LogP contribution in [0.25, 0.3) is 10.9 Å². The van der Waals surface area contributed by atoms with Crippen molar-refractivity contribution in [3.8, 4) is 0 Å². The smallest absolute Gasteiger partial charge is 0.322 e. The lowest BCUT2D eigenvalue weighted by atomic mass is 10.0. The molecule has 1 unspecified atom stereocenters. The van der Waals surface area contributed by atoms with Crippen molar-refractivity contribution in [1.82, 2.24) is 9.88 Å². The van der Waals surface area contributed by atoms with E-state index < -0.39 is 6.04 Å². The molecule has 0 aliphatic carbocycles. The summed E-state index contributed by atoms with van der Waals surface area (Å²) >= 11 is 0. The molecule has 6 nitrogen and oxygen atoms in total. The Bertz CT molecular complexity index is 1150. The van der Waals surface area contributed by atoms with Crippen LogP contribution >= 0.6 is 0 Å². The maximum atomic E-state index is 13.2. The molecule has 31 heavy (non-hydrogen) atoms. The van der Waals surface area contributed by atoms with E-state index in [9.17, 15) is 14.7 Å². The van der Waals surface area contributed by atoms with E-state index in [0.717, 1.165) is 33.3 Å². The monoisotopic (exact) mass is 421 g/mol. The van der Waals surface area contributed by atoms with Crippen molar-refractivity contribution in [2.24, 2.45) is 0 Å². The zero-order valence-electron chi connectivity index (χ0n) is 18.8. The van der Waals surface area contributed by atoms with Crippen LogP contribution in [-0.4, -0.2) is 34.2 Å². The van der Waals surface area contributed by atoms with E-state index in [0.29, 0.717) is 5.56 Å². The maximum Gasteiger partial charge on any atom is 0.322 e.